The normalized spacial score (nSPS) is 18.3. The van der Waals surface area contributed by atoms with E-state index in [4.69, 9.17) is 4.74 Å². The molecule has 188 valence electrons. The fraction of sp³-hybridized carbons (Fsp3) is 0.440. The maximum Gasteiger partial charge on any atom is 0.416 e. The Morgan fingerprint density at radius 1 is 0.943 bits per heavy atom. The van der Waals surface area contributed by atoms with Crippen molar-refractivity contribution in [3.8, 4) is 0 Å². The first-order chi connectivity index (χ1) is 16.7. The van der Waals surface area contributed by atoms with Gasteiger partial charge in [-0.2, -0.15) is 13.2 Å². The number of morpholine rings is 1. The molecule has 0 saturated carbocycles. The van der Waals surface area contributed by atoms with Crippen LogP contribution in [0.15, 0.2) is 48.5 Å². The van der Waals surface area contributed by atoms with Gasteiger partial charge in [0, 0.05) is 44.8 Å². The summed E-state index contributed by atoms with van der Waals surface area (Å²) in [7, 11) is 0. The van der Waals surface area contributed by atoms with Gasteiger partial charge in [-0.15, -0.1) is 0 Å². The van der Waals surface area contributed by atoms with Crippen molar-refractivity contribution in [2.75, 3.05) is 62.7 Å². The molecule has 10 heteroatoms. The highest BCUT2D eigenvalue weighted by Gasteiger charge is 2.33. The molecule has 2 aromatic rings. The van der Waals surface area contributed by atoms with Crippen LogP contribution in [0.3, 0.4) is 0 Å². The summed E-state index contributed by atoms with van der Waals surface area (Å²) in [5.41, 5.74) is 0.481. The molecule has 2 aromatic carbocycles. The van der Waals surface area contributed by atoms with Gasteiger partial charge in [0.05, 0.1) is 36.2 Å². The second kappa shape index (κ2) is 10.7. The lowest BCUT2D eigenvalue weighted by molar-refractivity contribution is -0.137. The molecule has 2 heterocycles. The maximum absolute atomic E-state index is 13.4. The first-order valence-corrected chi connectivity index (χ1v) is 11.7. The molecule has 2 aliphatic heterocycles. The van der Waals surface area contributed by atoms with Gasteiger partial charge in [0.1, 0.15) is 0 Å². The zero-order chi connectivity index (χ0) is 25.0. The zero-order valence-electron chi connectivity index (χ0n) is 19.6. The van der Waals surface area contributed by atoms with Crippen LogP contribution in [-0.4, -0.2) is 80.1 Å². The Balaban J connectivity index is 1.43. The Kier molecular flexibility index (Phi) is 7.61. The van der Waals surface area contributed by atoms with Crippen LogP contribution in [0.2, 0.25) is 0 Å². The number of rotatable bonds is 5. The number of hydrogen-bond acceptors (Lipinski definition) is 5. The molecular formula is C25H29F3N4O3. The summed E-state index contributed by atoms with van der Waals surface area (Å²) >= 11 is 0. The molecule has 0 radical (unpaired) electrons. The molecule has 0 aliphatic carbocycles. The van der Waals surface area contributed by atoms with Crippen molar-refractivity contribution in [3.05, 3.63) is 59.7 Å². The van der Waals surface area contributed by atoms with Crippen molar-refractivity contribution in [1.82, 2.24) is 9.80 Å². The van der Waals surface area contributed by atoms with E-state index in [9.17, 15) is 22.8 Å². The van der Waals surface area contributed by atoms with Gasteiger partial charge >= 0.3 is 6.18 Å². The highest BCUT2D eigenvalue weighted by atomic mass is 19.4. The quantitative estimate of drug-likeness (QED) is 0.697. The first-order valence-electron chi connectivity index (χ1n) is 11.7. The summed E-state index contributed by atoms with van der Waals surface area (Å²) in [5.74, 6) is -0.442. The van der Waals surface area contributed by atoms with Crippen LogP contribution in [0.5, 0.6) is 0 Å². The van der Waals surface area contributed by atoms with Crippen molar-refractivity contribution in [2.24, 2.45) is 0 Å². The molecule has 1 atom stereocenters. The Labute approximate surface area is 202 Å². The molecule has 1 N–H and O–H groups in total. The summed E-state index contributed by atoms with van der Waals surface area (Å²) in [6.45, 7) is 5.64. The Morgan fingerprint density at radius 3 is 2.23 bits per heavy atom. The second-order valence-electron chi connectivity index (χ2n) is 8.69. The number of hydrogen-bond donors (Lipinski definition) is 1. The molecule has 2 amide bonds. The van der Waals surface area contributed by atoms with E-state index in [1.54, 1.807) is 24.0 Å². The molecule has 0 aromatic heterocycles. The number of piperazine rings is 1. The van der Waals surface area contributed by atoms with Crippen LogP contribution in [0.4, 0.5) is 24.5 Å². The number of nitrogens with one attached hydrogen (secondary N) is 1. The van der Waals surface area contributed by atoms with Crippen LogP contribution >= 0.6 is 0 Å². The van der Waals surface area contributed by atoms with Crippen molar-refractivity contribution in [1.29, 1.82) is 0 Å². The number of carbonyl (C=O) groups is 2. The minimum absolute atomic E-state index is 0.0542. The van der Waals surface area contributed by atoms with Gasteiger partial charge in [-0.3, -0.25) is 14.5 Å². The van der Waals surface area contributed by atoms with Gasteiger partial charge in [0.15, 0.2) is 0 Å². The van der Waals surface area contributed by atoms with E-state index in [1.807, 2.05) is 28.0 Å². The lowest BCUT2D eigenvalue weighted by atomic mass is 10.1. The summed E-state index contributed by atoms with van der Waals surface area (Å²) in [4.78, 5) is 31.4. The lowest BCUT2D eigenvalue weighted by Crippen LogP contribution is -2.54. The van der Waals surface area contributed by atoms with E-state index in [0.717, 1.165) is 12.1 Å². The van der Waals surface area contributed by atoms with Crippen molar-refractivity contribution >= 4 is 23.2 Å². The van der Waals surface area contributed by atoms with Gasteiger partial charge in [-0.05, 0) is 37.3 Å². The van der Waals surface area contributed by atoms with Crippen LogP contribution in [0, 0.1) is 0 Å². The molecule has 7 nitrogen and oxygen atoms in total. The molecule has 0 spiro atoms. The van der Waals surface area contributed by atoms with E-state index in [2.05, 4.69) is 5.32 Å². The fourth-order valence-corrected chi connectivity index (χ4v) is 4.37. The monoisotopic (exact) mass is 490 g/mol. The summed E-state index contributed by atoms with van der Waals surface area (Å²) in [6, 6.07) is 11.9. The fourth-order valence-electron chi connectivity index (χ4n) is 4.37. The molecule has 4 rings (SSSR count). The number of ether oxygens (including phenoxy) is 1. The number of amides is 2. The van der Waals surface area contributed by atoms with Crippen molar-refractivity contribution in [2.45, 2.75) is 19.1 Å². The van der Waals surface area contributed by atoms with Gasteiger partial charge in [0.25, 0.3) is 5.91 Å². The SMILES string of the molecule is C[C@@H](C(=O)Nc1cc(C(F)(F)F)ccc1N1CCOCC1)N1CCN(C(=O)c2ccccc2)CC1. The number of alkyl halides is 3. The lowest BCUT2D eigenvalue weighted by Gasteiger charge is -2.37. The number of nitrogens with zero attached hydrogens (tertiary/aromatic N) is 3. The smallest absolute Gasteiger partial charge is 0.378 e. The first kappa shape index (κ1) is 25.0. The summed E-state index contributed by atoms with van der Waals surface area (Å²) < 4.78 is 45.4. The van der Waals surface area contributed by atoms with E-state index in [-0.39, 0.29) is 17.5 Å². The van der Waals surface area contributed by atoms with Crippen LogP contribution < -0.4 is 10.2 Å². The number of carbonyl (C=O) groups excluding carboxylic acids is 2. The highest BCUT2D eigenvalue weighted by Crippen LogP contribution is 2.36. The highest BCUT2D eigenvalue weighted by molar-refractivity contribution is 5.98. The minimum atomic E-state index is -4.52. The third-order valence-electron chi connectivity index (χ3n) is 6.48. The maximum atomic E-state index is 13.4. The minimum Gasteiger partial charge on any atom is -0.378 e. The molecule has 0 bridgehead atoms. The Bertz CT molecular complexity index is 1030. The predicted octanol–water partition coefficient (Wildman–Crippen LogP) is 3.33. The Morgan fingerprint density at radius 2 is 1.60 bits per heavy atom. The van der Waals surface area contributed by atoms with Gasteiger partial charge in [-0.1, -0.05) is 18.2 Å². The van der Waals surface area contributed by atoms with Crippen molar-refractivity contribution < 1.29 is 27.5 Å². The third-order valence-corrected chi connectivity index (χ3v) is 6.48. The van der Waals surface area contributed by atoms with Gasteiger partial charge < -0.3 is 19.9 Å². The molecule has 2 fully saturated rings. The van der Waals surface area contributed by atoms with Gasteiger partial charge in [-0.25, -0.2) is 0 Å². The van der Waals surface area contributed by atoms with E-state index >= 15 is 0 Å². The summed E-state index contributed by atoms with van der Waals surface area (Å²) in [6.07, 6.45) is -4.52. The van der Waals surface area contributed by atoms with Crippen molar-refractivity contribution in [3.63, 3.8) is 0 Å². The largest absolute Gasteiger partial charge is 0.416 e. The average molecular weight is 491 g/mol. The third kappa shape index (κ3) is 5.94. The predicted molar refractivity (Wildman–Crippen MR) is 126 cm³/mol. The molecule has 2 aliphatic rings. The topological polar surface area (TPSA) is 65.1 Å². The molecule has 0 unspecified atom stereocenters. The molecular weight excluding hydrogens is 461 g/mol. The average Bonchev–Trinajstić information content (AvgIpc) is 2.88. The number of halogens is 3. The van der Waals surface area contributed by atoms with Gasteiger partial charge in [0.2, 0.25) is 5.91 Å². The molecule has 2 saturated heterocycles. The van der Waals surface area contributed by atoms with E-state index in [0.29, 0.717) is 63.7 Å². The molecule has 35 heavy (non-hydrogen) atoms. The number of benzene rings is 2. The van der Waals surface area contributed by atoms with E-state index < -0.39 is 17.8 Å². The van der Waals surface area contributed by atoms with Crippen LogP contribution in [0.1, 0.15) is 22.8 Å². The van der Waals surface area contributed by atoms with E-state index in [1.165, 1.54) is 6.07 Å². The zero-order valence-corrected chi connectivity index (χ0v) is 19.6. The van der Waals surface area contributed by atoms with Crippen LogP contribution in [0.25, 0.3) is 0 Å². The second-order valence-corrected chi connectivity index (χ2v) is 8.69. The summed E-state index contributed by atoms with van der Waals surface area (Å²) in [5, 5.41) is 2.73. The Hall–Kier alpha value is -3.11. The standard InChI is InChI=1S/C25H29F3N4O3/c1-18(30-9-11-32(12-10-30)24(34)19-5-3-2-4-6-19)23(33)29-21-17-20(25(26,27)28)7-8-22(21)31-13-15-35-16-14-31/h2-8,17-18H,9-16H2,1H3,(H,29,33)/t18-/m0/s1. The number of anilines is 2. The van der Waals surface area contributed by atoms with Crippen LogP contribution in [-0.2, 0) is 15.7 Å².